The van der Waals surface area contributed by atoms with Crippen molar-refractivity contribution in [2.45, 2.75) is 6.54 Å². The molecule has 1 amide bonds. The SMILES string of the molecule is N#C/C(=C/Nc1cccc([N+](=O)[O-])c1)C(=O)NCc1ccc2c(c1)OCO2. The molecule has 0 saturated carbocycles. The van der Waals surface area contributed by atoms with E-state index in [0.717, 1.165) is 5.56 Å². The molecule has 0 aliphatic carbocycles. The van der Waals surface area contributed by atoms with Gasteiger partial charge in [0.05, 0.1) is 4.92 Å². The van der Waals surface area contributed by atoms with Crippen molar-refractivity contribution in [3.63, 3.8) is 0 Å². The lowest BCUT2D eigenvalue weighted by Crippen LogP contribution is -2.24. The maximum absolute atomic E-state index is 12.2. The maximum Gasteiger partial charge on any atom is 0.271 e. The van der Waals surface area contributed by atoms with Crippen LogP contribution in [0.2, 0.25) is 0 Å². The Bertz CT molecular complexity index is 964. The van der Waals surface area contributed by atoms with E-state index in [1.54, 1.807) is 30.3 Å². The van der Waals surface area contributed by atoms with E-state index in [-0.39, 0.29) is 24.6 Å². The van der Waals surface area contributed by atoms with Crippen LogP contribution in [0.3, 0.4) is 0 Å². The normalized spacial score (nSPS) is 12.2. The fraction of sp³-hybridized carbons (Fsp3) is 0.111. The molecule has 9 heteroatoms. The number of nitro groups is 1. The Labute approximate surface area is 154 Å². The highest BCUT2D eigenvalue weighted by molar-refractivity contribution is 5.97. The monoisotopic (exact) mass is 366 g/mol. The van der Waals surface area contributed by atoms with Gasteiger partial charge in [0.15, 0.2) is 11.5 Å². The van der Waals surface area contributed by atoms with Gasteiger partial charge >= 0.3 is 0 Å². The number of nitrogens with one attached hydrogen (secondary N) is 2. The third kappa shape index (κ3) is 4.32. The lowest BCUT2D eigenvalue weighted by Gasteiger charge is -2.06. The highest BCUT2D eigenvalue weighted by Gasteiger charge is 2.14. The van der Waals surface area contributed by atoms with E-state index in [1.165, 1.54) is 24.4 Å². The van der Waals surface area contributed by atoms with Crippen molar-refractivity contribution in [3.8, 4) is 17.6 Å². The number of amides is 1. The standard InChI is InChI=1S/C18H14N4O5/c19-8-13(10-20-14-2-1-3-15(7-14)22(24)25)18(23)21-9-12-4-5-16-17(6-12)27-11-26-16/h1-7,10,20H,9,11H2,(H,21,23)/b13-10-. The zero-order valence-corrected chi connectivity index (χ0v) is 14.0. The first-order valence-electron chi connectivity index (χ1n) is 7.85. The second-order valence-corrected chi connectivity index (χ2v) is 5.49. The number of nitro benzene ring substituents is 1. The number of ether oxygens (including phenoxy) is 2. The Morgan fingerprint density at radius 1 is 1.26 bits per heavy atom. The largest absolute Gasteiger partial charge is 0.454 e. The summed E-state index contributed by atoms with van der Waals surface area (Å²) >= 11 is 0. The summed E-state index contributed by atoms with van der Waals surface area (Å²) in [4.78, 5) is 22.4. The van der Waals surface area contributed by atoms with E-state index in [2.05, 4.69) is 10.6 Å². The minimum atomic E-state index is -0.576. The van der Waals surface area contributed by atoms with Crippen molar-refractivity contribution >= 4 is 17.3 Å². The lowest BCUT2D eigenvalue weighted by molar-refractivity contribution is -0.384. The smallest absolute Gasteiger partial charge is 0.271 e. The van der Waals surface area contributed by atoms with Crippen LogP contribution in [0, 0.1) is 21.4 Å². The van der Waals surface area contributed by atoms with E-state index in [0.29, 0.717) is 17.2 Å². The van der Waals surface area contributed by atoms with Crippen LogP contribution >= 0.6 is 0 Å². The van der Waals surface area contributed by atoms with Gasteiger partial charge in [-0.1, -0.05) is 12.1 Å². The van der Waals surface area contributed by atoms with Gasteiger partial charge in [-0.15, -0.1) is 0 Å². The molecular weight excluding hydrogens is 352 g/mol. The van der Waals surface area contributed by atoms with Gasteiger partial charge in [-0.2, -0.15) is 5.26 Å². The van der Waals surface area contributed by atoms with Gasteiger partial charge in [0, 0.05) is 30.6 Å². The predicted molar refractivity (Wildman–Crippen MR) is 94.8 cm³/mol. The van der Waals surface area contributed by atoms with Crippen molar-refractivity contribution in [2.75, 3.05) is 12.1 Å². The number of carbonyl (C=O) groups is 1. The summed E-state index contributed by atoms with van der Waals surface area (Å²) in [6.07, 6.45) is 1.20. The third-order valence-electron chi connectivity index (χ3n) is 3.70. The zero-order valence-electron chi connectivity index (χ0n) is 14.0. The Morgan fingerprint density at radius 2 is 2.07 bits per heavy atom. The quantitative estimate of drug-likeness (QED) is 0.348. The van der Waals surface area contributed by atoms with Crippen LogP contribution in [0.15, 0.2) is 54.2 Å². The molecule has 0 spiro atoms. The minimum absolute atomic E-state index is 0.0980. The minimum Gasteiger partial charge on any atom is -0.454 e. The molecule has 1 heterocycles. The van der Waals surface area contributed by atoms with E-state index in [4.69, 9.17) is 9.47 Å². The zero-order chi connectivity index (χ0) is 19.2. The first-order chi connectivity index (χ1) is 13.1. The number of hydrogen-bond donors (Lipinski definition) is 2. The van der Waals surface area contributed by atoms with Crippen LogP contribution < -0.4 is 20.1 Å². The number of rotatable bonds is 6. The van der Waals surface area contributed by atoms with Crippen LogP contribution in [-0.2, 0) is 11.3 Å². The van der Waals surface area contributed by atoms with Crippen molar-refractivity contribution in [1.29, 1.82) is 5.26 Å². The number of non-ortho nitro benzene ring substituents is 1. The number of fused-ring (bicyclic) bond motifs is 1. The fourth-order valence-corrected chi connectivity index (χ4v) is 2.34. The molecule has 0 aromatic heterocycles. The summed E-state index contributed by atoms with van der Waals surface area (Å²) in [6, 6.07) is 12.8. The molecule has 0 saturated heterocycles. The second kappa shape index (κ2) is 7.88. The maximum atomic E-state index is 12.2. The Balaban J connectivity index is 1.62. The van der Waals surface area contributed by atoms with Crippen molar-refractivity contribution in [2.24, 2.45) is 0 Å². The number of benzene rings is 2. The van der Waals surface area contributed by atoms with Crippen LogP contribution in [0.1, 0.15) is 5.56 Å². The van der Waals surface area contributed by atoms with Crippen molar-refractivity contribution in [1.82, 2.24) is 5.32 Å². The molecule has 0 bridgehead atoms. The Hall–Kier alpha value is -4.06. The van der Waals surface area contributed by atoms with Gasteiger partial charge in [0.2, 0.25) is 6.79 Å². The highest BCUT2D eigenvalue weighted by Crippen LogP contribution is 2.32. The molecule has 0 atom stereocenters. The molecule has 3 rings (SSSR count). The summed E-state index contributed by atoms with van der Waals surface area (Å²) in [7, 11) is 0. The van der Waals surface area contributed by atoms with Gasteiger partial charge in [0.1, 0.15) is 11.6 Å². The molecule has 0 unspecified atom stereocenters. The van der Waals surface area contributed by atoms with Crippen molar-refractivity contribution in [3.05, 3.63) is 69.9 Å². The molecule has 2 aromatic carbocycles. The average Bonchev–Trinajstić information content (AvgIpc) is 3.15. The van der Waals surface area contributed by atoms with Gasteiger partial charge in [-0.25, -0.2) is 0 Å². The highest BCUT2D eigenvalue weighted by atomic mass is 16.7. The van der Waals surface area contributed by atoms with E-state index in [1.807, 2.05) is 0 Å². The lowest BCUT2D eigenvalue weighted by atomic mass is 10.2. The predicted octanol–water partition coefficient (Wildman–Crippen LogP) is 2.46. The molecule has 2 N–H and O–H groups in total. The first kappa shape index (κ1) is 17.8. The second-order valence-electron chi connectivity index (χ2n) is 5.49. The van der Waals surface area contributed by atoms with Gasteiger partial charge in [-0.05, 0) is 23.8 Å². The number of anilines is 1. The van der Waals surface area contributed by atoms with Crippen LogP contribution in [0.4, 0.5) is 11.4 Å². The number of nitriles is 1. The van der Waals surface area contributed by atoms with E-state index in [9.17, 15) is 20.2 Å². The molecule has 0 fully saturated rings. The summed E-state index contributed by atoms with van der Waals surface area (Å²) in [5.41, 5.74) is 0.915. The first-order valence-corrected chi connectivity index (χ1v) is 7.85. The Morgan fingerprint density at radius 3 is 2.85 bits per heavy atom. The summed E-state index contributed by atoms with van der Waals surface area (Å²) < 4.78 is 10.5. The molecule has 0 radical (unpaired) electrons. The molecular formula is C18H14N4O5. The molecule has 1 aliphatic heterocycles. The van der Waals surface area contributed by atoms with Crippen LogP contribution in [-0.4, -0.2) is 17.6 Å². The number of carbonyl (C=O) groups excluding carboxylic acids is 1. The molecule has 1 aliphatic rings. The van der Waals surface area contributed by atoms with Crippen LogP contribution in [0.25, 0.3) is 0 Å². The summed E-state index contributed by atoms with van der Waals surface area (Å²) in [6.45, 7) is 0.362. The average molecular weight is 366 g/mol. The molecule has 136 valence electrons. The fourth-order valence-electron chi connectivity index (χ4n) is 2.34. The molecule has 9 nitrogen and oxygen atoms in total. The Kier molecular flexibility index (Phi) is 5.18. The number of hydrogen-bond acceptors (Lipinski definition) is 7. The molecule has 27 heavy (non-hydrogen) atoms. The topological polar surface area (TPSA) is 127 Å². The molecule has 2 aromatic rings. The van der Waals surface area contributed by atoms with Gasteiger partial charge in [0.25, 0.3) is 11.6 Å². The summed E-state index contributed by atoms with van der Waals surface area (Å²) in [5, 5.41) is 25.3. The third-order valence-corrected chi connectivity index (χ3v) is 3.70. The van der Waals surface area contributed by atoms with Crippen molar-refractivity contribution < 1.29 is 19.2 Å². The van der Waals surface area contributed by atoms with Gasteiger partial charge in [-0.3, -0.25) is 14.9 Å². The summed E-state index contributed by atoms with van der Waals surface area (Å²) in [5.74, 6) is 0.669. The van der Waals surface area contributed by atoms with E-state index < -0.39 is 10.8 Å². The van der Waals surface area contributed by atoms with E-state index >= 15 is 0 Å². The van der Waals surface area contributed by atoms with Gasteiger partial charge < -0.3 is 20.1 Å². The number of nitrogens with zero attached hydrogens (tertiary/aromatic N) is 2. The van der Waals surface area contributed by atoms with Crippen LogP contribution in [0.5, 0.6) is 11.5 Å².